The van der Waals surface area contributed by atoms with Gasteiger partial charge in [-0.3, -0.25) is 9.59 Å². The van der Waals surface area contributed by atoms with Crippen LogP contribution in [0.15, 0.2) is 36.4 Å². The molecule has 0 spiro atoms. The number of carbonyl (C=O) groups is 2. The first-order chi connectivity index (χ1) is 13.0. The normalized spacial score (nSPS) is 18.4. The molecule has 27 heavy (non-hydrogen) atoms. The summed E-state index contributed by atoms with van der Waals surface area (Å²) in [5, 5.41) is 18.8. The summed E-state index contributed by atoms with van der Waals surface area (Å²) in [6, 6.07) is 6.03. The van der Waals surface area contributed by atoms with E-state index < -0.39 is 12.1 Å². The molecule has 1 fully saturated rings. The smallest absolute Gasteiger partial charge is 0.303 e. The van der Waals surface area contributed by atoms with Gasteiger partial charge in [0, 0.05) is 31.6 Å². The maximum atomic E-state index is 12.9. The largest absolute Gasteiger partial charge is 0.481 e. The van der Waals surface area contributed by atoms with Crippen molar-refractivity contribution in [2.24, 2.45) is 0 Å². The van der Waals surface area contributed by atoms with Gasteiger partial charge in [-0.1, -0.05) is 24.3 Å². The van der Waals surface area contributed by atoms with Gasteiger partial charge in [0.2, 0.25) is 5.91 Å². The molecule has 0 bridgehead atoms. The van der Waals surface area contributed by atoms with Gasteiger partial charge in [0.25, 0.3) is 0 Å². The van der Waals surface area contributed by atoms with E-state index in [1.54, 1.807) is 30.0 Å². The minimum absolute atomic E-state index is 0.0139. The maximum absolute atomic E-state index is 12.9. The van der Waals surface area contributed by atoms with Gasteiger partial charge in [0.05, 0.1) is 12.1 Å². The maximum Gasteiger partial charge on any atom is 0.303 e. The predicted molar refractivity (Wildman–Crippen MR) is 104 cm³/mol. The highest BCUT2D eigenvalue weighted by atomic mass is 32.2. The Morgan fingerprint density at radius 3 is 2.78 bits per heavy atom. The third-order valence-electron chi connectivity index (χ3n) is 4.44. The fourth-order valence-corrected chi connectivity index (χ4v) is 3.90. The Bertz CT molecular complexity index is 650. The predicted octanol–water partition coefficient (Wildman–Crippen LogP) is 2.87. The van der Waals surface area contributed by atoms with Gasteiger partial charge in [-0.15, -0.1) is 0 Å². The van der Waals surface area contributed by atoms with Crippen LogP contribution < -0.4 is 0 Å². The quantitative estimate of drug-likeness (QED) is 0.445. The highest BCUT2D eigenvalue weighted by Crippen LogP contribution is 2.21. The molecule has 2 N–H and O–H groups in total. The lowest BCUT2D eigenvalue weighted by molar-refractivity contribution is -0.137. The van der Waals surface area contributed by atoms with E-state index in [-0.39, 0.29) is 24.2 Å². The molecule has 2 atom stereocenters. The Morgan fingerprint density at radius 2 is 2.07 bits per heavy atom. The van der Waals surface area contributed by atoms with Crippen molar-refractivity contribution in [3.63, 3.8) is 0 Å². The standard InChI is InChI=1S/C20H26FNO4S/c21-16-5-3-15(4-6-16)14-18(23)9-7-17-8-10-19(24)22(17)11-13-27-12-1-2-20(25)26/h3-7,9,17-18,23H,1-2,8,10-14H2,(H,25,26)/b9-7+/t17-,18+/m0/s1. The summed E-state index contributed by atoms with van der Waals surface area (Å²) in [5.41, 5.74) is 0.852. The second kappa shape index (κ2) is 11.1. The molecule has 1 aliphatic heterocycles. The monoisotopic (exact) mass is 395 g/mol. The van der Waals surface area contributed by atoms with E-state index >= 15 is 0 Å². The summed E-state index contributed by atoms with van der Waals surface area (Å²) in [6.45, 7) is 0.625. The second-order valence-electron chi connectivity index (χ2n) is 6.59. The number of aliphatic hydroxyl groups is 1. The van der Waals surface area contributed by atoms with Crippen molar-refractivity contribution in [2.45, 2.75) is 44.2 Å². The summed E-state index contributed by atoms with van der Waals surface area (Å²) in [4.78, 5) is 24.4. The molecule has 0 aromatic heterocycles. The molecule has 5 nitrogen and oxygen atoms in total. The van der Waals surface area contributed by atoms with Crippen molar-refractivity contribution >= 4 is 23.6 Å². The number of likely N-dealkylation sites (tertiary alicyclic amines) is 1. The number of aliphatic hydroxyl groups excluding tert-OH is 1. The molecule has 1 heterocycles. The number of halogens is 1. The minimum atomic E-state index is -0.783. The van der Waals surface area contributed by atoms with E-state index in [0.717, 1.165) is 23.5 Å². The molecule has 1 aromatic rings. The molecule has 0 saturated carbocycles. The van der Waals surface area contributed by atoms with Crippen LogP contribution in [0.1, 0.15) is 31.2 Å². The van der Waals surface area contributed by atoms with Gasteiger partial charge in [-0.2, -0.15) is 11.8 Å². The number of carboxylic acids is 1. The number of hydrogen-bond acceptors (Lipinski definition) is 4. The van der Waals surface area contributed by atoms with Crippen molar-refractivity contribution < 1.29 is 24.2 Å². The van der Waals surface area contributed by atoms with Crippen LogP contribution in [0.3, 0.4) is 0 Å². The lowest BCUT2D eigenvalue weighted by atomic mass is 10.1. The molecule has 0 unspecified atom stereocenters. The zero-order valence-corrected chi connectivity index (χ0v) is 16.0. The molecular weight excluding hydrogens is 369 g/mol. The molecule has 1 aliphatic rings. The molecule has 0 aliphatic carbocycles. The zero-order valence-electron chi connectivity index (χ0n) is 15.2. The molecule has 7 heteroatoms. The highest BCUT2D eigenvalue weighted by molar-refractivity contribution is 7.99. The van der Waals surface area contributed by atoms with Crippen LogP contribution in [0.2, 0.25) is 0 Å². The van der Waals surface area contributed by atoms with Crippen LogP contribution in [0.5, 0.6) is 0 Å². The number of benzene rings is 1. The van der Waals surface area contributed by atoms with E-state index in [1.807, 2.05) is 11.0 Å². The molecule has 2 rings (SSSR count). The number of rotatable bonds is 11. The summed E-state index contributed by atoms with van der Waals surface area (Å²) in [7, 11) is 0. The summed E-state index contributed by atoms with van der Waals surface area (Å²) in [6.07, 6.45) is 5.36. The van der Waals surface area contributed by atoms with Crippen molar-refractivity contribution in [2.75, 3.05) is 18.1 Å². The molecule has 1 amide bonds. The van der Waals surface area contributed by atoms with E-state index in [9.17, 15) is 19.1 Å². The third kappa shape index (κ3) is 7.72. The molecule has 148 valence electrons. The first-order valence-corrected chi connectivity index (χ1v) is 10.3. The van der Waals surface area contributed by atoms with Crippen molar-refractivity contribution in [3.05, 3.63) is 47.8 Å². The van der Waals surface area contributed by atoms with Crippen molar-refractivity contribution in [1.29, 1.82) is 0 Å². The topological polar surface area (TPSA) is 77.8 Å². The van der Waals surface area contributed by atoms with Gasteiger partial charge in [0.15, 0.2) is 0 Å². The van der Waals surface area contributed by atoms with Crippen LogP contribution in [0.4, 0.5) is 4.39 Å². The van der Waals surface area contributed by atoms with Gasteiger partial charge in [-0.25, -0.2) is 4.39 Å². The van der Waals surface area contributed by atoms with Crippen LogP contribution in [-0.4, -0.2) is 57.2 Å². The van der Waals surface area contributed by atoms with E-state index in [0.29, 0.717) is 25.8 Å². The van der Waals surface area contributed by atoms with Crippen molar-refractivity contribution in [1.82, 2.24) is 4.90 Å². The number of nitrogens with zero attached hydrogens (tertiary/aromatic N) is 1. The molecule has 1 saturated heterocycles. The Balaban J connectivity index is 1.76. The van der Waals surface area contributed by atoms with Crippen LogP contribution in [0, 0.1) is 5.82 Å². The van der Waals surface area contributed by atoms with Crippen LogP contribution in [-0.2, 0) is 16.0 Å². The Kier molecular flexibility index (Phi) is 8.81. The average Bonchev–Trinajstić information content (AvgIpc) is 2.98. The molecule has 1 aromatic carbocycles. The number of amides is 1. The SMILES string of the molecule is O=C(O)CCCSCCN1C(=O)CC[C@@H]1/C=C/[C@@H](O)Cc1ccc(F)cc1. The summed E-state index contributed by atoms with van der Waals surface area (Å²) >= 11 is 1.65. The lowest BCUT2D eigenvalue weighted by Gasteiger charge is -2.22. The fraction of sp³-hybridized carbons (Fsp3) is 0.500. The Hall–Kier alpha value is -1.86. The van der Waals surface area contributed by atoms with Crippen molar-refractivity contribution in [3.8, 4) is 0 Å². The first-order valence-electron chi connectivity index (χ1n) is 9.15. The van der Waals surface area contributed by atoms with Gasteiger partial charge in [-0.05, 0) is 36.3 Å². The fourth-order valence-electron chi connectivity index (χ4n) is 3.02. The Labute approximate surface area is 163 Å². The number of aliphatic carboxylic acids is 1. The Morgan fingerprint density at radius 1 is 1.33 bits per heavy atom. The van der Waals surface area contributed by atoms with Crippen LogP contribution >= 0.6 is 11.8 Å². The van der Waals surface area contributed by atoms with Gasteiger partial charge in [0.1, 0.15) is 5.82 Å². The lowest BCUT2D eigenvalue weighted by Crippen LogP contribution is -2.34. The number of carboxylic acid groups (broad SMARTS) is 1. The number of thioether (sulfide) groups is 1. The van der Waals surface area contributed by atoms with Crippen LogP contribution in [0.25, 0.3) is 0 Å². The molecular formula is C20H26FNO4S. The number of hydrogen-bond donors (Lipinski definition) is 2. The first kappa shape index (κ1) is 21.4. The minimum Gasteiger partial charge on any atom is -0.481 e. The van der Waals surface area contributed by atoms with E-state index in [1.165, 1.54) is 12.1 Å². The summed E-state index contributed by atoms with van der Waals surface area (Å²) in [5.74, 6) is 0.572. The molecule has 0 radical (unpaired) electrons. The van der Waals surface area contributed by atoms with E-state index in [2.05, 4.69) is 0 Å². The third-order valence-corrected chi connectivity index (χ3v) is 5.49. The number of carbonyl (C=O) groups excluding carboxylic acids is 1. The van der Waals surface area contributed by atoms with Gasteiger partial charge >= 0.3 is 5.97 Å². The zero-order chi connectivity index (χ0) is 19.6. The highest BCUT2D eigenvalue weighted by Gasteiger charge is 2.28. The summed E-state index contributed by atoms with van der Waals surface area (Å²) < 4.78 is 12.9. The van der Waals surface area contributed by atoms with Gasteiger partial charge < -0.3 is 15.1 Å². The van der Waals surface area contributed by atoms with E-state index in [4.69, 9.17) is 5.11 Å². The average molecular weight is 395 g/mol. The second-order valence-corrected chi connectivity index (χ2v) is 7.81.